The van der Waals surface area contributed by atoms with E-state index in [-0.39, 0.29) is 30.8 Å². The van der Waals surface area contributed by atoms with Crippen LogP contribution in [0.25, 0.3) is 0 Å². The first kappa shape index (κ1) is 20.7. The highest BCUT2D eigenvalue weighted by atomic mass is 16.5. The fourth-order valence-corrected chi connectivity index (χ4v) is 3.12. The molecule has 2 amide bonds. The molecule has 0 aliphatic carbocycles. The lowest BCUT2D eigenvalue weighted by molar-refractivity contribution is -0.142. The van der Waals surface area contributed by atoms with Crippen molar-refractivity contribution >= 4 is 17.8 Å². The van der Waals surface area contributed by atoms with Crippen LogP contribution in [0.15, 0.2) is 39.4 Å². The molecule has 1 N–H and O–H groups in total. The van der Waals surface area contributed by atoms with Crippen molar-refractivity contribution < 1.29 is 28.0 Å². The summed E-state index contributed by atoms with van der Waals surface area (Å²) in [6.45, 7) is 4.81. The van der Waals surface area contributed by atoms with Gasteiger partial charge in [0.2, 0.25) is 5.91 Å². The van der Waals surface area contributed by atoms with Gasteiger partial charge in [-0.05, 0) is 30.7 Å². The molecule has 1 aliphatic rings. The van der Waals surface area contributed by atoms with Gasteiger partial charge in [-0.1, -0.05) is 0 Å². The van der Waals surface area contributed by atoms with Crippen molar-refractivity contribution in [2.24, 2.45) is 0 Å². The number of carbonyl (C=O) groups is 3. The summed E-state index contributed by atoms with van der Waals surface area (Å²) in [4.78, 5) is 39.2. The Morgan fingerprint density at radius 1 is 1.10 bits per heavy atom. The van der Waals surface area contributed by atoms with Crippen LogP contribution in [0, 0.1) is 0 Å². The molecule has 1 fully saturated rings. The van der Waals surface area contributed by atoms with E-state index in [1.165, 1.54) is 13.2 Å². The van der Waals surface area contributed by atoms with E-state index in [2.05, 4.69) is 10.2 Å². The Balaban J connectivity index is 1.43. The van der Waals surface area contributed by atoms with E-state index in [0.29, 0.717) is 31.9 Å². The number of carbonyl (C=O) groups excluding carboxylic acids is 3. The smallest absolute Gasteiger partial charge is 0.303 e. The molecule has 0 radical (unpaired) electrons. The molecule has 3 rings (SSSR count). The molecule has 0 aromatic carbocycles. The van der Waals surface area contributed by atoms with Gasteiger partial charge in [-0.2, -0.15) is 0 Å². The summed E-state index contributed by atoms with van der Waals surface area (Å²) in [6, 6.07) is 6.85. The third-order valence-electron chi connectivity index (χ3n) is 4.60. The van der Waals surface area contributed by atoms with E-state index in [0.717, 1.165) is 18.7 Å². The second-order valence-corrected chi connectivity index (χ2v) is 6.82. The Hall–Kier alpha value is -3.07. The summed E-state index contributed by atoms with van der Waals surface area (Å²) in [5.74, 6) is 0.717. The van der Waals surface area contributed by atoms with Crippen LogP contribution in [0.1, 0.15) is 35.4 Å². The van der Waals surface area contributed by atoms with Crippen molar-refractivity contribution in [2.45, 2.75) is 26.5 Å². The van der Waals surface area contributed by atoms with E-state index in [9.17, 15) is 14.4 Å². The van der Waals surface area contributed by atoms with Crippen LogP contribution < -0.4 is 5.32 Å². The average molecular weight is 403 g/mol. The lowest BCUT2D eigenvalue weighted by Crippen LogP contribution is -2.41. The van der Waals surface area contributed by atoms with Gasteiger partial charge in [-0.15, -0.1) is 0 Å². The standard InChI is InChI=1S/C20H25N3O6/c1-15(24)28-14-17-6-5-16(29-17)13-22-7-3-8-23(10-9-22)19(25)12-21-20(26)18-4-2-11-27-18/h2,4-6,11H,3,7-10,12-14H2,1H3,(H,21,26). The van der Waals surface area contributed by atoms with Crippen molar-refractivity contribution in [3.63, 3.8) is 0 Å². The van der Waals surface area contributed by atoms with Crippen molar-refractivity contribution in [2.75, 3.05) is 32.7 Å². The fourth-order valence-electron chi connectivity index (χ4n) is 3.12. The molecule has 9 heteroatoms. The van der Waals surface area contributed by atoms with Gasteiger partial charge in [-0.3, -0.25) is 19.3 Å². The predicted octanol–water partition coefficient (Wildman–Crippen LogP) is 1.40. The van der Waals surface area contributed by atoms with E-state index >= 15 is 0 Å². The molecule has 0 spiro atoms. The summed E-state index contributed by atoms with van der Waals surface area (Å²) in [6.07, 6.45) is 2.25. The molecule has 0 atom stereocenters. The zero-order valence-electron chi connectivity index (χ0n) is 16.4. The molecule has 1 saturated heterocycles. The third kappa shape index (κ3) is 6.21. The van der Waals surface area contributed by atoms with E-state index in [4.69, 9.17) is 13.6 Å². The average Bonchev–Trinajstić information content (AvgIpc) is 3.33. The number of hydrogen-bond donors (Lipinski definition) is 1. The van der Waals surface area contributed by atoms with Crippen LogP contribution in [0.5, 0.6) is 0 Å². The highest BCUT2D eigenvalue weighted by Crippen LogP contribution is 2.14. The van der Waals surface area contributed by atoms with Crippen LogP contribution in [0.2, 0.25) is 0 Å². The Bertz CT molecular complexity index is 829. The van der Waals surface area contributed by atoms with Gasteiger partial charge in [0.05, 0.1) is 19.4 Å². The van der Waals surface area contributed by atoms with Crippen LogP contribution >= 0.6 is 0 Å². The number of esters is 1. The lowest BCUT2D eigenvalue weighted by atomic mass is 10.3. The molecule has 2 aromatic rings. The largest absolute Gasteiger partial charge is 0.461 e. The highest BCUT2D eigenvalue weighted by molar-refractivity contribution is 5.94. The molecular weight excluding hydrogens is 378 g/mol. The number of ether oxygens (including phenoxy) is 1. The van der Waals surface area contributed by atoms with E-state index in [1.807, 2.05) is 6.07 Å². The zero-order valence-corrected chi connectivity index (χ0v) is 16.4. The van der Waals surface area contributed by atoms with Gasteiger partial charge in [0.1, 0.15) is 18.1 Å². The van der Waals surface area contributed by atoms with Crippen molar-refractivity contribution in [1.29, 1.82) is 0 Å². The third-order valence-corrected chi connectivity index (χ3v) is 4.60. The first-order valence-electron chi connectivity index (χ1n) is 9.54. The minimum Gasteiger partial charge on any atom is -0.461 e. The molecule has 156 valence electrons. The molecule has 0 bridgehead atoms. The van der Waals surface area contributed by atoms with Crippen molar-refractivity contribution in [1.82, 2.24) is 15.1 Å². The summed E-state index contributed by atoms with van der Waals surface area (Å²) in [7, 11) is 0. The maximum absolute atomic E-state index is 12.4. The first-order chi connectivity index (χ1) is 14.0. The maximum Gasteiger partial charge on any atom is 0.303 e. The number of nitrogens with zero attached hydrogens (tertiary/aromatic N) is 2. The molecule has 3 heterocycles. The fraction of sp³-hybridized carbons (Fsp3) is 0.450. The second-order valence-electron chi connectivity index (χ2n) is 6.82. The van der Waals surface area contributed by atoms with Crippen LogP contribution in [0.4, 0.5) is 0 Å². The molecule has 29 heavy (non-hydrogen) atoms. The molecule has 1 aliphatic heterocycles. The van der Waals surface area contributed by atoms with Gasteiger partial charge >= 0.3 is 5.97 Å². The summed E-state index contributed by atoms with van der Waals surface area (Å²) < 4.78 is 15.6. The minimum atomic E-state index is -0.401. The monoisotopic (exact) mass is 403 g/mol. The minimum absolute atomic E-state index is 0.0583. The predicted molar refractivity (Wildman–Crippen MR) is 102 cm³/mol. The topological polar surface area (TPSA) is 105 Å². The van der Waals surface area contributed by atoms with Crippen LogP contribution in [-0.4, -0.2) is 60.3 Å². The lowest BCUT2D eigenvalue weighted by Gasteiger charge is -2.21. The summed E-state index contributed by atoms with van der Waals surface area (Å²) in [5.41, 5.74) is 0. The van der Waals surface area contributed by atoms with Gasteiger partial charge < -0.3 is 23.8 Å². The molecule has 9 nitrogen and oxygen atoms in total. The quantitative estimate of drug-likeness (QED) is 0.697. The van der Waals surface area contributed by atoms with Gasteiger partial charge in [0.25, 0.3) is 5.91 Å². The number of amides is 2. The van der Waals surface area contributed by atoms with Gasteiger partial charge in [0, 0.05) is 33.1 Å². The Kier molecular flexibility index (Phi) is 7.07. The first-order valence-corrected chi connectivity index (χ1v) is 9.54. The molecular formula is C20H25N3O6. The van der Waals surface area contributed by atoms with E-state index in [1.54, 1.807) is 23.1 Å². The summed E-state index contributed by atoms with van der Waals surface area (Å²) in [5, 5.41) is 2.59. The Labute approximate surface area is 168 Å². The van der Waals surface area contributed by atoms with Crippen molar-refractivity contribution in [3.05, 3.63) is 47.8 Å². The number of nitrogens with one attached hydrogen (secondary N) is 1. The highest BCUT2D eigenvalue weighted by Gasteiger charge is 2.21. The SMILES string of the molecule is CC(=O)OCc1ccc(CN2CCCN(C(=O)CNC(=O)c3ccco3)CC2)o1. The normalized spacial score (nSPS) is 15.0. The Morgan fingerprint density at radius 2 is 1.93 bits per heavy atom. The zero-order chi connectivity index (χ0) is 20.6. The summed E-state index contributed by atoms with van der Waals surface area (Å²) >= 11 is 0. The number of furan rings is 2. The number of rotatable bonds is 7. The maximum atomic E-state index is 12.4. The van der Waals surface area contributed by atoms with Gasteiger partial charge in [0.15, 0.2) is 5.76 Å². The van der Waals surface area contributed by atoms with E-state index < -0.39 is 5.91 Å². The second kappa shape index (κ2) is 9.92. The molecule has 0 unspecified atom stereocenters. The molecule has 2 aromatic heterocycles. The number of hydrogen-bond acceptors (Lipinski definition) is 7. The van der Waals surface area contributed by atoms with Crippen LogP contribution in [-0.2, 0) is 27.5 Å². The molecule has 0 saturated carbocycles. The van der Waals surface area contributed by atoms with Crippen LogP contribution in [0.3, 0.4) is 0 Å². The Morgan fingerprint density at radius 3 is 2.69 bits per heavy atom. The van der Waals surface area contributed by atoms with Crippen molar-refractivity contribution in [3.8, 4) is 0 Å². The van der Waals surface area contributed by atoms with Gasteiger partial charge in [-0.25, -0.2) is 0 Å².